The lowest BCUT2D eigenvalue weighted by atomic mass is 10.0. The standard InChI is InChI=1S/C29H24N2O2/c32-28(29-30-17-18-31(29)26-13-5-2-6-14-26)27(20-22-9-3-1-4-10-22)33-21-23-15-16-24-11-7-8-12-25(24)19-23/h1-19,27H,20-21H2/t27-/m0/s1. The lowest BCUT2D eigenvalue weighted by molar-refractivity contribution is 0.0332. The van der Waals surface area contributed by atoms with Gasteiger partial charge >= 0.3 is 0 Å². The second-order valence-corrected chi connectivity index (χ2v) is 7.99. The monoisotopic (exact) mass is 432 g/mol. The molecule has 0 N–H and O–H groups in total. The van der Waals surface area contributed by atoms with Gasteiger partial charge in [0.15, 0.2) is 5.82 Å². The molecular weight excluding hydrogens is 408 g/mol. The highest BCUT2D eigenvalue weighted by atomic mass is 16.5. The van der Waals surface area contributed by atoms with Gasteiger partial charge in [0.05, 0.1) is 6.61 Å². The molecule has 0 saturated heterocycles. The molecule has 0 aliphatic heterocycles. The second kappa shape index (κ2) is 9.63. The zero-order valence-corrected chi connectivity index (χ0v) is 18.2. The minimum Gasteiger partial charge on any atom is -0.365 e. The molecule has 0 bridgehead atoms. The van der Waals surface area contributed by atoms with Gasteiger partial charge in [-0.3, -0.25) is 9.36 Å². The molecule has 0 unspecified atom stereocenters. The quantitative estimate of drug-likeness (QED) is 0.281. The Morgan fingerprint density at radius 1 is 0.788 bits per heavy atom. The van der Waals surface area contributed by atoms with E-state index in [2.05, 4.69) is 35.3 Å². The van der Waals surface area contributed by atoms with Crippen molar-refractivity contribution >= 4 is 16.6 Å². The van der Waals surface area contributed by atoms with E-state index in [9.17, 15) is 4.79 Å². The molecule has 162 valence electrons. The molecule has 1 aromatic heterocycles. The molecule has 0 aliphatic rings. The van der Waals surface area contributed by atoms with Crippen molar-refractivity contribution in [2.45, 2.75) is 19.1 Å². The van der Waals surface area contributed by atoms with Crippen LogP contribution in [0.25, 0.3) is 16.5 Å². The molecule has 1 heterocycles. The van der Waals surface area contributed by atoms with Crippen LogP contribution in [0.2, 0.25) is 0 Å². The number of nitrogens with zero attached hydrogens (tertiary/aromatic N) is 2. The SMILES string of the molecule is O=C(c1nccn1-c1ccccc1)[C@H](Cc1ccccc1)OCc1ccc2ccccc2c1. The first-order valence-electron chi connectivity index (χ1n) is 11.0. The smallest absolute Gasteiger partial charge is 0.227 e. The summed E-state index contributed by atoms with van der Waals surface area (Å²) in [5.41, 5.74) is 2.98. The van der Waals surface area contributed by atoms with Crippen molar-refractivity contribution in [2.24, 2.45) is 0 Å². The van der Waals surface area contributed by atoms with Crippen LogP contribution in [0.5, 0.6) is 0 Å². The predicted molar refractivity (Wildman–Crippen MR) is 131 cm³/mol. The summed E-state index contributed by atoms with van der Waals surface area (Å²) in [4.78, 5) is 18.0. The molecule has 4 nitrogen and oxygen atoms in total. The van der Waals surface area contributed by atoms with Gasteiger partial charge < -0.3 is 4.74 Å². The summed E-state index contributed by atoms with van der Waals surface area (Å²) in [7, 11) is 0. The Balaban J connectivity index is 1.42. The molecule has 5 aromatic rings. The van der Waals surface area contributed by atoms with Crippen molar-refractivity contribution in [2.75, 3.05) is 0 Å². The lowest BCUT2D eigenvalue weighted by Gasteiger charge is -2.18. The average Bonchev–Trinajstić information content (AvgIpc) is 3.37. The second-order valence-electron chi connectivity index (χ2n) is 7.99. The lowest BCUT2D eigenvalue weighted by Crippen LogP contribution is -2.29. The molecule has 1 atom stereocenters. The highest BCUT2D eigenvalue weighted by Gasteiger charge is 2.26. The summed E-state index contributed by atoms with van der Waals surface area (Å²) in [5.74, 6) is 0.245. The van der Waals surface area contributed by atoms with E-state index in [1.54, 1.807) is 6.20 Å². The zero-order valence-electron chi connectivity index (χ0n) is 18.2. The van der Waals surface area contributed by atoms with E-state index in [-0.39, 0.29) is 5.78 Å². The van der Waals surface area contributed by atoms with Gasteiger partial charge in [-0.2, -0.15) is 0 Å². The maximum absolute atomic E-state index is 13.6. The van der Waals surface area contributed by atoms with E-state index >= 15 is 0 Å². The first kappa shape index (κ1) is 20.9. The fraction of sp³-hybridized carbons (Fsp3) is 0.103. The van der Waals surface area contributed by atoms with Gasteiger partial charge in [0.25, 0.3) is 0 Å². The number of ether oxygens (including phenoxy) is 1. The Morgan fingerprint density at radius 2 is 1.48 bits per heavy atom. The van der Waals surface area contributed by atoms with Crippen LogP contribution in [0.3, 0.4) is 0 Å². The molecule has 0 radical (unpaired) electrons. The van der Waals surface area contributed by atoms with Crippen molar-refractivity contribution in [3.8, 4) is 5.69 Å². The van der Waals surface area contributed by atoms with Gasteiger partial charge in [-0.25, -0.2) is 4.98 Å². The normalized spacial score (nSPS) is 12.0. The fourth-order valence-electron chi connectivity index (χ4n) is 4.01. The molecule has 33 heavy (non-hydrogen) atoms. The third kappa shape index (κ3) is 4.76. The summed E-state index contributed by atoms with van der Waals surface area (Å²) >= 11 is 0. The number of benzene rings is 4. The van der Waals surface area contributed by atoms with Crippen molar-refractivity contribution in [3.05, 3.63) is 132 Å². The first-order valence-corrected chi connectivity index (χ1v) is 11.0. The number of carbonyl (C=O) groups is 1. The van der Waals surface area contributed by atoms with Gasteiger partial charge in [-0.15, -0.1) is 0 Å². The Bertz CT molecular complexity index is 1360. The van der Waals surface area contributed by atoms with Crippen molar-refractivity contribution in [1.82, 2.24) is 9.55 Å². The number of carbonyl (C=O) groups excluding carboxylic acids is 1. The molecular formula is C29H24N2O2. The Morgan fingerprint density at radius 3 is 2.27 bits per heavy atom. The predicted octanol–water partition coefficient (Wildman–Crippen LogP) is 6.04. The minimum atomic E-state index is -0.649. The van der Waals surface area contributed by atoms with E-state index in [4.69, 9.17) is 4.74 Å². The van der Waals surface area contributed by atoms with Crippen LogP contribution in [0.1, 0.15) is 21.7 Å². The summed E-state index contributed by atoms with van der Waals surface area (Å²) in [6, 6.07) is 34.2. The molecule has 0 saturated carbocycles. The maximum atomic E-state index is 13.6. The molecule has 4 aromatic carbocycles. The summed E-state index contributed by atoms with van der Waals surface area (Å²) in [5, 5.41) is 2.34. The molecule has 0 fully saturated rings. The molecule has 0 amide bonds. The van der Waals surface area contributed by atoms with Crippen LogP contribution >= 0.6 is 0 Å². The highest BCUT2D eigenvalue weighted by Crippen LogP contribution is 2.19. The van der Waals surface area contributed by atoms with Crippen LogP contribution in [-0.2, 0) is 17.8 Å². The van der Waals surface area contributed by atoms with Crippen molar-refractivity contribution in [3.63, 3.8) is 0 Å². The number of aromatic nitrogens is 2. The third-order valence-electron chi connectivity index (χ3n) is 5.72. The topological polar surface area (TPSA) is 44.1 Å². The molecule has 4 heteroatoms. The number of Topliss-reactive ketones (excluding diaryl/α,β-unsaturated/α-hetero) is 1. The summed E-state index contributed by atoms with van der Waals surface area (Å²) in [6.45, 7) is 0.347. The molecule has 0 spiro atoms. The first-order chi connectivity index (χ1) is 16.3. The van der Waals surface area contributed by atoms with Crippen LogP contribution in [0, 0.1) is 0 Å². The van der Waals surface area contributed by atoms with Crippen LogP contribution in [0.15, 0.2) is 116 Å². The number of hydrogen-bond acceptors (Lipinski definition) is 3. The van der Waals surface area contributed by atoms with E-state index in [0.717, 1.165) is 22.2 Å². The highest BCUT2D eigenvalue weighted by molar-refractivity contribution is 5.97. The largest absolute Gasteiger partial charge is 0.365 e. The van der Waals surface area contributed by atoms with E-state index in [1.165, 1.54) is 5.39 Å². The van der Waals surface area contributed by atoms with Gasteiger partial charge in [-0.05, 0) is 40.1 Å². The fourth-order valence-corrected chi connectivity index (χ4v) is 4.01. The number of ketones is 1. The summed E-state index contributed by atoms with van der Waals surface area (Å²) < 4.78 is 8.07. The van der Waals surface area contributed by atoms with Crippen LogP contribution in [0.4, 0.5) is 0 Å². The van der Waals surface area contributed by atoms with Crippen molar-refractivity contribution in [1.29, 1.82) is 0 Å². The van der Waals surface area contributed by atoms with E-state index in [1.807, 2.05) is 83.6 Å². The number of hydrogen-bond donors (Lipinski definition) is 0. The summed E-state index contributed by atoms with van der Waals surface area (Å²) in [6.07, 6.45) is 3.30. The van der Waals surface area contributed by atoms with Gasteiger partial charge in [0.1, 0.15) is 6.10 Å². The number of fused-ring (bicyclic) bond motifs is 1. The zero-order chi connectivity index (χ0) is 22.5. The average molecular weight is 433 g/mol. The number of rotatable bonds is 8. The Kier molecular flexibility index (Phi) is 6.09. The third-order valence-corrected chi connectivity index (χ3v) is 5.72. The Hall–Kier alpha value is -4.02. The number of para-hydroxylation sites is 1. The van der Waals surface area contributed by atoms with Crippen LogP contribution in [-0.4, -0.2) is 21.4 Å². The number of imidazole rings is 1. The van der Waals surface area contributed by atoms with Crippen LogP contribution < -0.4 is 0 Å². The van der Waals surface area contributed by atoms with Gasteiger partial charge in [-0.1, -0.05) is 84.9 Å². The van der Waals surface area contributed by atoms with E-state index in [0.29, 0.717) is 18.9 Å². The van der Waals surface area contributed by atoms with Gasteiger partial charge in [0, 0.05) is 24.5 Å². The Labute approximate surface area is 193 Å². The maximum Gasteiger partial charge on any atom is 0.227 e. The van der Waals surface area contributed by atoms with Crippen molar-refractivity contribution < 1.29 is 9.53 Å². The minimum absolute atomic E-state index is 0.131. The molecule has 5 rings (SSSR count). The van der Waals surface area contributed by atoms with Gasteiger partial charge in [0.2, 0.25) is 5.78 Å². The van der Waals surface area contributed by atoms with E-state index < -0.39 is 6.10 Å². The molecule has 0 aliphatic carbocycles.